The Kier molecular flexibility index (Phi) is 4.02. The first-order valence-corrected chi connectivity index (χ1v) is 10.7. The number of aryl methyl sites for hydroxylation is 2. The summed E-state index contributed by atoms with van der Waals surface area (Å²) >= 11 is 0. The quantitative estimate of drug-likeness (QED) is 0.250. The van der Waals surface area contributed by atoms with Crippen LogP contribution < -0.4 is 5.36 Å². The first-order valence-electron chi connectivity index (χ1n) is 10.7. The van der Waals surface area contributed by atoms with Crippen molar-refractivity contribution in [1.82, 2.24) is 9.13 Å². The number of carbonyl (C=O) groups excluding carboxylic acids is 1. The molecule has 0 saturated heterocycles. The predicted octanol–water partition coefficient (Wildman–Crippen LogP) is 5.72. The number of aromatic nitrogens is 2. The van der Waals surface area contributed by atoms with Crippen molar-refractivity contribution in [1.29, 1.82) is 0 Å². The lowest BCUT2D eigenvalue weighted by Crippen LogP contribution is -2.09. The molecule has 4 nitrogen and oxygen atoms in total. The zero-order valence-electron chi connectivity index (χ0n) is 17.9. The second-order valence-electron chi connectivity index (χ2n) is 8.17. The van der Waals surface area contributed by atoms with E-state index in [2.05, 4.69) is 76.8 Å². The molecule has 0 aliphatic carbocycles. The molecule has 154 valence electrons. The van der Waals surface area contributed by atoms with Gasteiger partial charge in [0.2, 0.25) is 0 Å². The minimum absolute atomic E-state index is 0.232. The van der Waals surface area contributed by atoms with Gasteiger partial charge in [-0.25, -0.2) is 4.99 Å². The molecule has 2 heterocycles. The largest absolute Gasteiger partial charge is 0.344 e. The summed E-state index contributed by atoms with van der Waals surface area (Å²) in [6, 6.07) is 30.2. The molecule has 4 aromatic carbocycles. The summed E-state index contributed by atoms with van der Waals surface area (Å²) in [4.78, 5) is 17.0. The van der Waals surface area contributed by atoms with E-state index in [-0.39, 0.29) is 5.91 Å². The second-order valence-corrected chi connectivity index (χ2v) is 8.17. The zero-order chi connectivity index (χ0) is 21.8. The molecule has 1 amide bonds. The van der Waals surface area contributed by atoms with Gasteiger partial charge in [-0.3, -0.25) is 4.79 Å². The van der Waals surface area contributed by atoms with Gasteiger partial charge in [0.05, 0.1) is 27.4 Å². The van der Waals surface area contributed by atoms with Gasteiger partial charge in [-0.1, -0.05) is 54.6 Å². The highest BCUT2D eigenvalue weighted by Gasteiger charge is 2.15. The summed E-state index contributed by atoms with van der Waals surface area (Å²) in [6.07, 6.45) is 0. The van der Waals surface area contributed by atoms with E-state index in [4.69, 9.17) is 0 Å². The minimum atomic E-state index is -0.232. The van der Waals surface area contributed by atoms with Gasteiger partial charge in [0.15, 0.2) is 0 Å². The molecule has 0 N–H and O–H groups in total. The average Bonchev–Trinajstić information content (AvgIpc) is 2.84. The van der Waals surface area contributed by atoms with Crippen molar-refractivity contribution in [2.75, 3.05) is 0 Å². The molecule has 0 fully saturated rings. The Bertz CT molecular complexity index is 1750. The van der Waals surface area contributed by atoms with E-state index in [0.29, 0.717) is 10.9 Å². The lowest BCUT2D eigenvalue weighted by atomic mass is 9.99. The van der Waals surface area contributed by atoms with Gasteiger partial charge in [-0.2, -0.15) is 0 Å². The van der Waals surface area contributed by atoms with Crippen LogP contribution in [0.1, 0.15) is 10.4 Å². The normalized spacial score (nSPS) is 12.4. The van der Waals surface area contributed by atoms with Crippen molar-refractivity contribution < 1.29 is 4.79 Å². The second kappa shape index (κ2) is 6.92. The van der Waals surface area contributed by atoms with Crippen LogP contribution in [-0.4, -0.2) is 15.0 Å². The van der Waals surface area contributed by atoms with E-state index in [1.165, 1.54) is 32.7 Å². The van der Waals surface area contributed by atoms with Crippen LogP contribution in [0.3, 0.4) is 0 Å². The van der Waals surface area contributed by atoms with Crippen LogP contribution in [0.5, 0.6) is 0 Å². The maximum atomic E-state index is 12.6. The number of hydrogen-bond donors (Lipinski definition) is 0. The summed E-state index contributed by atoms with van der Waals surface area (Å²) in [6.45, 7) is 0. The molecule has 0 radical (unpaired) electrons. The predicted molar refractivity (Wildman–Crippen MR) is 131 cm³/mol. The molecule has 0 aliphatic rings. The Balaban J connectivity index is 1.73. The Morgan fingerprint density at radius 1 is 0.656 bits per heavy atom. The molecule has 4 heteroatoms. The van der Waals surface area contributed by atoms with Crippen molar-refractivity contribution in [2.45, 2.75) is 0 Å². The van der Waals surface area contributed by atoms with E-state index in [1.807, 2.05) is 30.3 Å². The van der Waals surface area contributed by atoms with Crippen LogP contribution in [0.15, 0.2) is 96.0 Å². The third kappa shape index (κ3) is 2.63. The Morgan fingerprint density at radius 2 is 1.38 bits per heavy atom. The van der Waals surface area contributed by atoms with Crippen molar-refractivity contribution in [3.8, 4) is 0 Å². The SMILES string of the molecule is Cn1c2ccccc2c2c3c(cccc31)c1ccc(=NC(=O)c3ccccc3)cc1n2C. The number of rotatable bonds is 1. The molecule has 6 aromatic rings. The highest BCUT2D eigenvalue weighted by Crippen LogP contribution is 2.36. The summed E-state index contributed by atoms with van der Waals surface area (Å²) in [7, 11) is 4.22. The lowest BCUT2D eigenvalue weighted by Gasteiger charge is -2.20. The smallest absolute Gasteiger partial charge is 0.277 e. The van der Waals surface area contributed by atoms with E-state index in [1.54, 1.807) is 12.1 Å². The molecule has 0 aliphatic heterocycles. The van der Waals surface area contributed by atoms with E-state index in [0.717, 1.165) is 10.9 Å². The van der Waals surface area contributed by atoms with Crippen molar-refractivity contribution in [3.05, 3.63) is 102 Å². The topological polar surface area (TPSA) is 39.3 Å². The third-order valence-electron chi connectivity index (χ3n) is 6.38. The van der Waals surface area contributed by atoms with Gasteiger partial charge >= 0.3 is 0 Å². The lowest BCUT2D eigenvalue weighted by molar-refractivity contribution is 0.0998. The summed E-state index contributed by atoms with van der Waals surface area (Å²) in [5.41, 5.74) is 5.20. The maximum Gasteiger partial charge on any atom is 0.277 e. The van der Waals surface area contributed by atoms with Gasteiger partial charge in [-0.15, -0.1) is 0 Å². The number of carbonyl (C=O) groups is 1. The van der Waals surface area contributed by atoms with Crippen LogP contribution in [0.2, 0.25) is 0 Å². The first kappa shape index (κ1) is 18.6. The van der Waals surface area contributed by atoms with E-state index in [9.17, 15) is 4.79 Å². The molecule has 0 bridgehead atoms. The van der Waals surface area contributed by atoms with Gasteiger partial charge in [0.1, 0.15) is 0 Å². The Morgan fingerprint density at radius 3 is 2.22 bits per heavy atom. The highest BCUT2D eigenvalue weighted by molar-refractivity contribution is 6.24. The fourth-order valence-electron chi connectivity index (χ4n) is 4.85. The summed E-state index contributed by atoms with van der Waals surface area (Å²) < 4.78 is 4.50. The van der Waals surface area contributed by atoms with E-state index < -0.39 is 0 Å². The van der Waals surface area contributed by atoms with Crippen molar-refractivity contribution in [3.63, 3.8) is 0 Å². The fourth-order valence-corrected chi connectivity index (χ4v) is 4.85. The number of fused-ring (bicyclic) bond motifs is 4. The molecular weight excluding hydrogens is 394 g/mol. The summed E-state index contributed by atoms with van der Waals surface area (Å²) in [5, 5.41) is 5.45. The number of para-hydroxylation sites is 1. The van der Waals surface area contributed by atoms with Crippen LogP contribution >= 0.6 is 0 Å². The number of pyridine rings is 2. The van der Waals surface area contributed by atoms with Gasteiger partial charge in [0, 0.05) is 35.8 Å². The molecule has 0 unspecified atom stereocenters. The molecule has 0 spiro atoms. The standard InChI is InChI=1S/C28H21N3O/c1-30-23-13-7-6-11-22(23)27-26-21(12-8-14-24(26)30)20-16-15-19(17-25(20)31(27)2)29-28(32)18-9-4-3-5-10-18/h3-17H,1-2H3. The number of hydrogen-bond acceptors (Lipinski definition) is 1. The van der Waals surface area contributed by atoms with Crippen LogP contribution in [0, 0.1) is 0 Å². The van der Waals surface area contributed by atoms with E-state index >= 15 is 0 Å². The van der Waals surface area contributed by atoms with Crippen LogP contribution in [0.25, 0.3) is 43.6 Å². The molecule has 32 heavy (non-hydrogen) atoms. The van der Waals surface area contributed by atoms with Crippen molar-refractivity contribution >= 4 is 49.5 Å². The average molecular weight is 415 g/mol. The molecule has 0 saturated carbocycles. The molecule has 6 rings (SSSR count). The monoisotopic (exact) mass is 415 g/mol. The zero-order valence-corrected chi connectivity index (χ0v) is 17.9. The Labute approximate surface area is 184 Å². The molecule has 2 aromatic heterocycles. The van der Waals surface area contributed by atoms with Gasteiger partial charge in [-0.05, 0) is 41.8 Å². The molecule has 0 atom stereocenters. The first-order chi connectivity index (χ1) is 15.6. The third-order valence-corrected chi connectivity index (χ3v) is 6.38. The minimum Gasteiger partial charge on any atom is -0.344 e. The number of benzene rings is 4. The van der Waals surface area contributed by atoms with Gasteiger partial charge < -0.3 is 9.13 Å². The number of amides is 1. The Hall–Kier alpha value is -4.18. The van der Waals surface area contributed by atoms with Crippen molar-refractivity contribution in [2.24, 2.45) is 19.1 Å². The highest BCUT2D eigenvalue weighted by atomic mass is 16.1. The fraction of sp³-hybridized carbons (Fsp3) is 0.0714. The van der Waals surface area contributed by atoms with Gasteiger partial charge in [0.25, 0.3) is 5.91 Å². The summed E-state index contributed by atoms with van der Waals surface area (Å²) in [5.74, 6) is -0.232. The maximum absolute atomic E-state index is 12.6. The number of nitrogens with zero attached hydrogens (tertiary/aromatic N) is 3. The van der Waals surface area contributed by atoms with Crippen LogP contribution in [-0.2, 0) is 14.1 Å². The van der Waals surface area contributed by atoms with Crippen LogP contribution in [0.4, 0.5) is 0 Å². The molecular formula is C28H21N3O.